The summed E-state index contributed by atoms with van der Waals surface area (Å²) in [5, 5.41) is 1.37. The second kappa shape index (κ2) is 4.15. The maximum Gasteiger partial charge on any atom is 0.223 e. The van der Waals surface area contributed by atoms with Crippen LogP contribution in [0.15, 0.2) is 24.3 Å². The van der Waals surface area contributed by atoms with E-state index in [2.05, 4.69) is 41.1 Å². The smallest absolute Gasteiger partial charge is 0.223 e. The van der Waals surface area contributed by atoms with E-state index in [1.54, 1.807) is 0 Å². The first-order valence-corrected chi connectivity index (χ1v) is 8.60. The Hall–Kier alpha value is -1.77. The fourth-order valence-corrected chi connectivity index (χ4v) is 5.60. The molecule has 0 unspecified atom stereocenters. The van der Waals surface area contributed by atoms with Crippen LogP contribution < -0.4 is 0 Å². The predicted octanol–water partition coefficient (Wildman–Crippen LogP) is 3.59. The van der Waals surface area contributed by atoms with Crippen molar-refractivity contribution in [3.8, 4) is 0 Å². The number of rotatable bonds is 0. The van der Waals surface area contributed by atoms with Crippen LogP contribution in [0.3, 0.4) is 0 Å². The summed E-state index contributed by atoms with van der Waals surface area (Å²) in [5.41, 5.74) is 4.04. The fraction of sp³-hybridized carbons (Fsp3) is 0.526. The number of amides is 1. The van der Waals surface area contributed by atoms with Crippen molar-refractivity contribution in [2.24, 2.45) is 11.8 Å². The second-order valence-electron chi connectivity index (χ2n) is 7.54. The lowest BCUT2D eigenvalue weighted by atomic mass is 9.83. The van der Waals surface area contributed by atoms with E-state index in [0.717, 1.165) is 32.2 Å². The highest BCUT2D eigenvalue weighted by Gasteiger charge is 2.59. The Morgan fingerprint density at radius 2 is 2.18 bits per heavy atom. The number of fused-ring (bicyclic) bond motifs is 3. The third kappa shape index (κ3) is 1.40. The van der Waals surface area contributed by atoms with Crippen molar-refractivity contribution in [3.63, 3.8) is 0 Å². The summed E-state index contributed by atoms with van der Waals surface area (Å²) in [6.07, 6.45) is 5.24. The number of benzene rings is 1. The Morgan fingerprint density at radius 1 is 1.32 bits per heavy atom. The Balaban J connectivity index is 1.81. The molecule has 2 fully saturated rings. The first kappa shape index (κ1) is 12.7. The number of H-pyrrole nitrogens is 1. The monoisotopic (exact) mass is 294 g/mol. The molecule has 3 nitrogen and oxygen atoms in total. The van der Waals surface area contributed by atoms with Crippen molar-refractivity contribution >= 4 is 16.8 Å². The van der Waals surface area contributed by atoms with Gasteiger partial charge in [0.05, 0.1) is 5.54 Å². The number of hydrogen-bond donors (Lipinski definition) is 1. The van der Waals surface area contributed by atoms with Gasteiger partial charge in [0, 0.05) is 29.6 Å². The number of aromatic nitrogens is 1. The van der Waals surface area contributed by atoms with Gasteiger partial charge in [-0.3, -0.25) is 4.79 Å². The van der Waals surface area contributed by atoms with Crippen LogP contribution in [0.5, 0.6) is 0 Å². The maximum absolute atomic E-state index is 12.6. The van der Waals surface area contributed by atoms with E-state index in [1.165, 1.54) is 28.6 Å². The molecule has 1 saturated carbocycles. The summed E-state index contributed by atoms with van der Waals surface area (Å²) in [6, 6.07) is 8.64. The van der Waals surface area contributed by atoms with Crippen molar-refractivity contribution in [1.82, 2.24) is 9.88 Å². The molecule has 1 aromatic carbocycles. The van der Waals surface area contributed by atoms with E-state index in [-0.39, 0.29) is 5.54 Å². The molecule has 1 saturated heterocycles. The minimum Gasteiger partial charge on any atom is -0.356 e. The van der Waals surface area contributed by atoms with Gasteiger partial charge in [-0.25, -0.2) is 0 Å². The van der Waals surface area contributed by atoms with Gasteiger partial charge in [-0.2, -0.15) is 0 Å². The van der Waals surface area contributed by atoms with Crippen LogP contribution in [-0.2, 0) is 16.8 Å². The molecule has 1 aliphatic carbocycles. The number of para-hydroxylation sites is 1. The molecule has 2 aromatic rings. The molecule has 3 atom stereocenters. The molecule has 1 N–H and O–H groups in total. The third-order valence-corrected chi connectivity index (χ3v) is 6.28. The van der Waals surface area contributed by atoms with E-state index in [1.807, 2.05) is 0 Å². The van der Waals surface area contributed by atoms with E-state index in [4.69, 9.17) is 0 Å². The number of nitrogens with one attached hydrogen (secondary N) is 1. The van der Waals surface area contributed by atoms with Crippen LogP contribution >= 0.6 is 0 Å². The molecule has 1 amide bonds. The number of carbonyl (C=O) groups is 1. The molecular weight excluding hydrogens is 272 g/mol. The number of carbonyl (C=O) groups excluding carboxylic acids is 1. The van der Waals surface area contributed by atoms with Gasteiger partial charge in [0.1, 0.15) is 0 Å². The lowest BCUT2D eigenvalue weighted by Gasteiger charge is -2.37. The average molecular weight is 294 g/mol. The molecule has 1 aromatic heterocycles. The van der Waals surface area contributed by atoms with E-state index < -0.39 is 0 Å². The van der Waals surface area contributed by atoms with Gasteiger partial charge >= 0.3 is 0 Å². The molecule has 0 radical (unpaired) electrons. The van der Waals surface area contributed by atoms with E-state index in [9.17, 15) is 4.79 Å². The topological polar surface area (TPSA) is 36.1 Å². The number of aryl methyl sites for hydroxylation is 1. The van der Waals surface area contributed by atoms with Crippen molar-refractivity contribution in [3.05, 3.63) is 35.5 Å². The zero-order valence-electron chi connectivity index (χ0n) is 13.1. The molecule has 3 heteroatoms. The summed E-state index contributed by atoms with van der Waals surface area (Å²) in [4.78, 5) is 18.6. The lowest BCUT2D eigenvalue weighted by Crippen LogP contribution is -2.44. The Labute approximate surface area is 130 Å². The van der Waals surface area contributed by atoms with Crippen LogP contribution in [0.4, 0.5) is 0 Å². The number of aromatic amines is 1. The normalized spacial score (nSPS) is 33.7. The van der Waals surface area contributed by atoms with Crippen LogP contribution in [0, 0.1) is 11.8 Å². The van der Waals surface area contributed by atoms with Gasteiger partial charge in [-0.15, -0.1) is 0 Å². The van der Waals surface area contributed by atoms with E-state index >= 15 is 0 Å². The first-order valence-electron chi connectivity index (χ1n) is 8.60. The quantitative estimate of drug-likeness (QED) is 0.792. The van der Waals surface area contributed by atoms with Gasteiger partial charge in [-0.1, -0.05) is 25.1 Å². The van der Waals surface area contributed by atoms with Gasteiger partial charge in [-0.05, 0) is 49.1 Å². The average Bonchev–Trinajstić information content (AvgIpc) is 3.05. The largest absolute Gasteiger partial charge is 0.356 e. The zero-order valence-corrected chi connectivity index (χ0v) is 13.1. The summed E-state index contributed by atoms with van der Waals surface area (Å²) >= 11 is 0. The first-order chi connectivity index (χ1) is 10.7. The maximum atomic E-state index is 12.6. The molecular formula is C19H22N2O. The second-order valence-corrected chi connectivity index (χ2v) is 7.54. The van der Waals surface area contributed by atoms with Crippen LogP contribution in [-0.4, -0.2) is 22.3 Å². The third-order valence-electron chi connectivity index (χ3n) is 6.28. The minimum atomic E-state index is -0.0403. The fourth-order valence-electron chi connectivity index (χ4n) is 5.60. The van der Waals surface area contributed by atoms with Crippen molar-refractivity contribution < 1.29 is 4.79 Å². The summed E-state index contributed by atoms with van der Waals surface area (Å²) in [6.45, 7) is 3.28. The molecule has 5 rings (SSSR count). The zero-order chi connectivity index (χ0) is 14.9. The van der Waals surface area contributed by atoms with Crippen molar-refractivity contribution in [2.75, 3.05) is 6.54 Å². The van der Waals surface area contributed by atoms with Crippen molar-refractivity contribution in [1.29, 1.82) is 0 Å². The molecule has 0 bridgehead atoms. The van der Waals surface area contributed by atoms with Gasteiger partial charge in [0.15, 0.2) is 0 Å². The Kier molecular flexibility index (Phi) is 2.41. The number of hydrogen-bond acceptors (Lipinski definition) is 1. The summed E-state index contributed by atoms with van der Waals surface area (Å²) in [7, 11) is 0. The molecule has 2 aliphatic heterocycles. The molecule has 22 heavy (non-hydrogen) atoms. The Bertz CT molecular complexity index is 777. The summed E-state index contributed by atoms with van der Waals surface area (Å²) in [5.74, 6) is 1.58. The number of nitrogens with zero attached hydrogens (tertiary/aromatic N) is 1. The molecule has 1 spiro atoms. The molecule has 3 heterocycles. The molecule has 3 aliphatic rings. The van der Waals surface area contributed by atoms with Gasteiger partial charge in [0.2, 0.25) is 5.91 Å². The van der Waals surface area contributed by atoms with Gasteiger partial charge < -0.3 is 9.88 Å². The van der Waals surface area contributed by atoms with E-state index in [0.29, 0.717) is 17.7 Å². The highest BCUT2D eigenvalue weighted by molar-refractivity contribution is 5.87. The standard InChI is InChI=1S/C19H22N2O/c1-12-9-13-10-17(22)21-8-4-6-15-14-5-2-3-7-16(14)20-18(15)19(13,21)11-12/h2-3,5,7,12-13,20H,4,6,8-11H2,1H3/t12-,13-,19-/m1/s1. The van der Waals surface area contributed by atoms with Crippen LogP contribution in [0.2, 0.25) is 0 Å². The SMILES string of the molecule is C[C@@H]1C[C@@H]2CC(=O)N3CCCc4c([nH]c5ccccc45)[C@@]23C1. The van der Waals surface area contributed by atoms with Crippen molar-refractivity contribution in [2.45, 2.75) is 44.6 Å². The van der Waals surface area contributed by atoms with Crippen LogP contribution in [0.25, 0.3) is 10.9 Å². The van der Waals surface area contributed by atoms with Gasteiger partial charge in [0.25, 0.3) is 0 Å². The summed E-state index contributed by atoms with van der Waals surface area (Å²) < 4.78 is 0. The Morgan fingerprint density at radius 3 is 3.09 bits per heavy atom. The highest BCUT2D eigenvalue weighted by atomic mass is 16.2. The minimum absolute atomic E-state index is 0.0403. The molecule has 114 valence electrons. The van der Waals surface area contributed by atoms with Crippen LogP contribution in [0.1, 0.15) is 43.9 Å². The lowest BCUT2D eigenvalue weighted by molar-refractivity contribution is -0.131. The predicted molar refractivity (Wildman–Crippen MR) is 86.5 cm³/mol. The highest BCUT2D eigenvalue weighted by Crippen LogP contribution is 2.58.